The van der Waals surface area contributed by atoms with Gasteiger partial charge in [0.1, 0.15) is 5.82 Å². The summed E-state index contributed by atoms with van der Waals surface area (Å²) in [5.41, 5.74) is 5.35. The average Bonchev–Trinajstić information content (AvgIpc) is 2.31. The summed E-state index contributed by atoms with van der Waals surface area (Å²) in [7, 11) is 0. The first-order valence-corrected chi connectivity index (χ1v) is 5.46. The average molecular weight is 253 g/mol. The Morgan fingerprint density at radius 3 is 2.56 bits per heavy atom. The predicted molar refractivity (Wildman–Crippen MR) is 62.7 cm³/mol. The van der Waals surface area contributed by atoms with Crippen LogP contribution in [0, 0.1) is 0 Å². The van der Waals surface area contributed by atoms with Crippen LogP contribution in [0.4, 0.5) is 5.82 Å². The number of nitrogen functional groups attached to an aromatic ring is 1. The van der Waals surface area contributed by atoms with Crippen LogP contribution in [0.15, 0.2) is 12.4 Å². The van der Waals surface area contributed by atoms with E-state index in [1.54, 1.807) is 6.92 Å². The molecule has 3 N–H and O–H groups in total. The zero-order valence-electron chi connectivity index (χ0n) is 10.2. The fraction of sp³-hybridized carbons (Fsp3) is 0.455. The molecule has 1 heterocycles. The van der Waals surface area contributed by atoms with Crippen LogP contribution in [0.25, 0.3) is 0 Å². The third-order valence-corrected chi connectivity index (χ3v) is 2.36. The quantitative estimate of drug-likeness (QED) is 0.582. The van der Waals surface area contributed by atoms with E-state index in [-0.39, 0.29) is 17.6 Å². The Labute approximate surface area is 104 Å². The summed E-state index contributed by atoms with van der Waals surface area (Å²) in [6.07, 6.45) is 2.61. The second-order valence-electron chi connectivity index (χ2n) is 3.79. The molecule has 0 amide bonds. The zero-order chi connectivity index (χ0) is 13.7. The molecular formula is C11H15N3O4. The first-order valence-electron chi connectivity index (χ1n) is 5.46. The molecule has 0 bridgehead atoms. The molecule has 2 atom stereocenters. The van der Waals surface area contributed by atoms with Gasteiger partial charge in [0.05, 0.1) is 24.2 Å². The van der Waals surface area contributed by atoms with Gasteiger partial charge in [0.2, 0.25) is 0 Å². The van der Waals surface area contributed by atoms with Gasteiger partial charge in [0.25, 0.3) is 0 Å². The summed E-state index contributed by atoms with van der Waals surface area (Å²) in [6, 6.07) is 0. The number of anilines is 1. The minimum absolute atomic E-state index is 0.00463. The second-order valence-corrected chi connectivity index (χ2v) is 3.79. The van der Waals surface area contributed by atoms with E-state index in [9.17, 15) is 9.59 Å². The van der Waals surface area contributed by atoms with E-state index in [0.717, 1.165) is 6.20 Å². The van der Waals surface area contributed by atoms with Crippen LogP contribution in [-0.2, 0) is 14.3 Å². The number of nitrogens with zero attached hydrogens (tertiary/aromatic N) is 2. The van der Waals surface area contributed by atoms with Gasteiger partial charge in [-0.05, 0) is 13.3 Å². The number of carbonyl (C=O) groups excluding carboxylic acids is 1. The van der Waals surface area contributed by atoms with Crippen LogP contribution in [0.1, 0.15) is 31.9 Å². The lowest BCUT2D eigenvalue weighted by Crippen LogP contribution is -2.27. The largest absolute Gasteiger partial charge is 0.480 e. The van der Waals surface area contributed by atoms with E-state index >= 15 is 0 Å². The smallest absolute Gasteiger partial charge is 0.326 e. The summed E-state index contributed by atoms with van der Waals surface area (Å²) >= 11 is 0. The number of carboxylic acids is 1. The number of carbonyl (C=O) groups is 2. The van der Waals surface area contributed by atoms with Crippen LogP contribution in [0.5, 0.6) is 0 Å². The molecule has 0 aliphatic rings. The lowest BCUT2D eigenvalue weighted by Gasteiger charge is -2.15. The number of esters is 1. The van der Waals surface area contributed by atoms with Crippen molar-refractivity contribution in [3.05, 3.63) is 18.1 Å². The van der Waals surface area contributed by atoms with Crippen molar-refractivity contribution in [1.29, 1.82) is 0 Å². The van der Waals surface area contributed by atoms with E-state index in [2.05, 4.69) is 9.97 Å². The van der Waals surface area contributed by atoms with Crippen molar-refractivity contribution in [2.75, 3.05) is 5.73 Å². The standard InChI is InChI=1S/C11H15N3O4/c1-3-6(2)18-11(17)9(10(15)16)7-4-14-8(12)5-13-7/h4-6,9H,3H2,1-2H3,(H2,12,14)(H,15,16). The van der Waals surface area contributed by atoms with Crippen LogP contribution in [0.3, 0.4) is 0 Å². The van der Waals surface area contributed by atoms with Crippen molar-refractivity contribution in [3.63, 3.8) is 0 Å². The molecule has 7 heteroatoms. The molecule has 0 aliphatic carbocycles. The molecule has 0 radical (unpaired) electrons. The maximum atomic E-state index is 11.7. The Hall–Kier alpha value is -2.18. The first-order chi connectivity index (χ1) is 8.45. The molecule has 1 rings (SSSR count). The van der Waals surface area contributed by atoms with Crippen molar-refractivity contribution >= 4 is 17.8 Å². The summed E-state index contributed by atoms with van der Waals surface area (Å²) in [4.78, 5) is 30.3. The molecule has 0 aromatic carbocycles. The molecule has 98 valence electrons. The number of aliphatic carboxylic acids is 1. The van der Waals surface area contributed by atoms with Crippen molar-refractivity contribution in [2.24, 2.45) is 0 Å². The SMILES string of the molecule is CCC(C)OC(=O)C(C(=O)O)c1cnc(N)cn1. The third kappa shape index (κ3) is 3.41. The Balaban J connectivity index is 2.92. The van der Waals surface area contributed by atoms with E-state index in [4.69, 9.17) is 15.6 Å². The first kappa shape index (κ1) is 13.9. The Kier molecular flexibility index (Phi) is 4.59. The van der Waals surface area contributed by atoms with Crippen molar-refractivity contribution in [3.8, 4) is 0 Å². The topological polar surface area (TPSA) is 115 Å². The fourth-order valence-electron chi connectivity index (χ4n) is 1.19. The Morgan fingerprint density at radius 2 is 2.11 bits per heavy atom. The molecule has 2 unspecified atom stereocenters. The van der Waals surface area contributed by atoms with E-state index < -0.39 is 17.9 Å². The highest BCUT2D eigenvalue weighted by Crippen LogP contribution is 2.16. The maximum absolute atomic E-state index is 11.7. The minimum atomic E-state index is -1.48. The molecule has 0 aliphatic heterocycles. The number of hydrogen-bond donors (Lipinski definition) is 2. The van der Waals surface area contributed by atoms with E-state index in [1.165, 1.54) is 6.20 Å². The van der Waals surface area contributed by atoms with Gasteiger partial charge < -0.3 is 15.6 Å². The molecule has 18 heavy (non-hydrogen) atoms. The summed E-state index contributed by atoms with van der Waals surface area (Å²) in [6.45, 7) is 3.52. The Bertz CT molecular complexity index is 432. The number of aromatic nitrogens is 2. The summed E-state index contributed by atoms with van der Waals surface area (Å²) in [5.74, 6) is -3.51. The molecule has 0 spiro atoms. The van der Waals surface area contributed by atoms with Crippen LogP contribution >= 0.6 is 0 Å². The van der Waals surface area contributed by atoms with E-state index in [1.807, 2.05) is 6.92 Å². The number of rotatable bonds is 5. The molecule has 0 fully saturated rings. The van der Waals surface area contributed by atoms with Gasteiger partial charge in [0.15, 0.2) is 5.92 Å². The summed E-state index contributed by atoms with van der Waals surface area (Å²) < 4.78 is 4.99. The lowest BCUT2D eigenvalue weighted by atomic mass is 10.1. The normalized spacial score (nSPS) is 13.7. The van der Waals surface area contributed by atoms with Crippen LogP contribution < -0.4 is 5.73 Å². The third-order valence-electron chi connectivity index (χ3n) is 2.36. The molecule has 0 saturated heterocycles. The van der Waals surface area contributed by atoms with Crippen molar-refractivity contribution < 1.29 is 19.4 Å². The summed E-state index contributed by atoms with van der Waals surface area (Å²) in [5, 5.41) is 9.05. The van der Waals surface area contributed by atoms with E-state index in [0.29, 0.717) is 6.42 Å². The second kappa shape index (κ2) is 5.95. The molecule has 1 aromatic rings. The van der Waals surface area contributed by atoms with Gasteiger partial charge in [-0.3, -0.25) is 14.6 Å². The number of nitrogens with two attached hydrogens (primary N) is 1. The monoisotopic (exact) mass is 253 g/mol. The van der Waals surface area contributed by atoms with Gasteiger partial charge >= 0.3 is 11.9 Å². The molecule has 7 nitrogen and oxygen atoms in total. The van der Waals surface area contributed by atoms with Crippen LogP contribution in [-0.4, -0.2) is 33.1 Å². The van der Waals surface area contributed by atoms with Gasteiger partial charge in [-0.2, -0.15) is 0 Å². The van der Waals surface area contributed by atoms with Crippen molar-refractivity contribution in [2.45, 2.75) is 32.3 Å². The van der Waals surface area contributed by atoms with Gasteiger partial charge in [-0.25, -0.2) is 4.98 Å². The highest BCUT2D eigenvalue weighted by molar-refractivity contribution is 5.99. The highest BCUT2D eigenvalue weighted by Gasteiger charge is 2.32. The van der Waals surface area contributed by atoms with Crippen molar-refractivity contribution in [1.82, 2.24) is 9.97 Å². The molecule has 1 aromatic heterocycles. The minimum Gasteiger partial charge on any atom is -0.480 e. The lowest BCUT2D eigenvalue weighted by molar-refractivity contribution is -0.157. The predicted octanol–water partition coefficient (Wildman–Crippen LogP) is 0.569. The number of ether oxygens (including phenoxy) is 1. The van der Waals surface area contributed by atoms with Gasteiger partial charge in [-0.1, -0.05) is 6.92 Å². The Morgan fingerprint density at radius 1 is 1.44 bits per heavy atom. The number of carboxylic acid groups (broad SMARTS) is 1. The molecule has 0 saturated carbocycles. The van der Waals surface area contributed by atoms with Crippen LogP contribution in [0.2, 0.25) is 0 Å². The zero-order valence-corrected chi connectivity index (χ0v) is 10.2. The maximum Gasteiger partial charge on any atom is 0.326 e. The number of hydrogen-bond acceptors (Lipinski definition) is 6. The fourth-order valence-corrected chi connectivity index (χ4v) is 1.19. The molecular weight excluding hydrogens is 238 g/mol. The van der Waals surface area contributed by atoms with Gasteiger partial charge in [0, 0.05) is 0 Å². The van der Waals surface area contributed by atoms with Gasteiger partial charge in [-0.15, -0.1) is 0 Å². The highest BCUT2D eigenvalue weighted by atomic mass is 16.5.